The van der Waals surface area contributed by atoms with E-state index in [9.17, 15) is 5.11 Å². The second kappa shape index (κ2) is 5.46. The molecule has 4 N–H and O–H groups in total. The Morgan fingerprint density at radius 1 is 1.50 bits per heavy atom. The molecule has 6 heteroatoms. The predicted molar refractivity (Wildman–Crippen MR) is 71.4 cm³/mol. The average Bonchev–Trinajstić information content (AvgIpc) is 2.37. The quantitative estimate of drug-likeness (QED) is 0.328. The van der Waals surface area contributed by atoms with Crippen LogP contribution in [0.1, 0.15) is 18.4 Å². The average molecular weight is 270 g/mol. The number of benzene rings is 1. The van der Waals surface area contributed by atoms with Crippen LogP contribution in [0.5, 0.6) is 0 Å². The van der Waals surface area contributed by atoms with E-state index in [4.69, 9.17) is 22.5 Å². The van der Waals surface area contributed by atoms with Crippen LogP contribution in [0.4, 0.5) is 5.69 Å². The molecule has 0 amide bonds. The number of aliphatic hydroxyl groups excluding tert-OH is 1. The number of piperidine rings is 1. The van der Waals surface area contributed by atoms with Gasteiger partial charge in [-0.3, -0.25) is 0 Å². The molecule has 1 heterocycles. The Labute approximate surface area is 110 Å². The summed E-state index contributed by atoms with van der Waals surface area (Å²) in [6, 6.07) is 5.36. The van der Waals surface area contributed by atoms with Gasteiger partial charge in [0, 0.05) is 18.8 Å². The zero-order valence-electron chi connectivity index (χ0n) is 9.88. The first-order valence-corrected chi connectivity index (χ1v) is 6.20. The van der Waals surface area contributed by atoms with Gasteiger partial charge >= 0.3 is 0 Å². The molecule has 1 aromatic rings. The summed E-state index contributed by atoms with van der Waals surface area (Å²) in [5.74, 6) is -0.0179. The Balaban J connectivity index is 2.40. The lowest BCUT2D eigenvalue weighted by Gasteiger charge is -2.33. The van der Waals surface area contributed by atoms with Gasteiger partial charge in [0.1, 0.15) is 0 Å². The van der Waals surface area contributed by atoms with Gasteiger partial charge in [-0.15, -0.1) is 0 Å². The number of β-amino-alcohol motifs (C(OH)–C–C–N with tert-alkyl or cyclic N) is 1. The van der Waals surface area contributed by atoms with Crippen LogP contribution < -0.4 is 10.6 Å². The number of anilines is 1. The first kappa shape index (κ1) is 13.0. The summed E-state index contributed by atoms with van der Waals surface area (Å²) >= 11 is 6.10. The molecule has 1 saturated heterocycles. The number of aliphatic hydroxyl groups is 1. The summed E-state index contributed by atoms with van der Waals surface area (Å²) < 4.78 is 0. The maximum Gasteiger partial charge on any atom is 0.173 e. The smallest absolute Gasteiger partial charge is 0.173 e. The number of halogens is 1. The summed E-state index contributed by atoms with van der Waals surface area (Å²) in [7, 11) is 0. The van der Waals surface area contributed by atoms with Crippen molar-refractivity contribution in [3.63, 3.8) is 0 Å². The third-order valence-corrected chi connectivity index (χ3v) is 3.41. The van der Waals surface area contributed by atoms with Crippen molar-refractivity contribution in [2.75, 3.05) is 18.0 Å². The van der Waals surface area contributed by atoms with E-state index < -0.39 is 0 Å². The summed E-state index contributed by atoms with van der Waals surface area (Å²) in [6.07, 6.45) is 1.36. The van der Waals surface area contributed by atoms with Gasteiger partial charge in [0.25, 0.3) is 0 Å². The van der Waals surface area contributed by atoms with Gasteiger partial charge in [-0.05, 0) is 25.0 Å². The number of hydrogen-bond donors (Lipinski definition) is 3. The Hall–Kier alpha value is -1.46. The lowest BCUT2D eigenvalue weighted by molar-refractivity contribution is 0.154. The number of amidine groups is 1. The Kier molecular flexibility index (Phi) is 3.93. The van der Waals surface area contributed by atoms with Crippen molar-refractivity contribution in [3.05, 3.63) is 28.8 Å². The highest BCUT2D eigenvalue weighted by Gasteiger charge is 2.22. The summed E-state index contributed by atoms with van der Waals surface area (Å²) in [5.41, 5.74) is 6.96. The fourth-order valence-corrected chi connectivity index (χ4v) is 2.52. The number of nitrogens with zero attached hydrogens (tertiary/aromatic N) is 2. The molecule has 0 radical (unpaired) electrons. The molecule has 5 nitrogen and oxygen atoms in total. The lowest BCUT2D eigenvalue weighted by atomic mass is 10.0. The van der Waals surface area contributed by atoms with E-state index in [1.807, 2.05) is 17.0 Å². The van der Waals surface area contributed by atoms with Crippen LogP contribution >= 0.6 is 11.6 Å². The molecule has 0 aromatic heterocycles. The zero-order chi connectivity index (χ0) is 13.1. The van der Waals surface area contributed by atoms with E-state index in [0.29, 0.717) is 17.1 Å². The van der Waals surface area contributed by atoms with Crippen LogP contribution in [0.15, 0.2) is 23.4 Å². The number of nitrogens with two attached hydrogens (primary N) is 1. The van der Waals surface area contributed by atoms with Gasteiger partial charge in [0.2, 0.25) is 0 Å². The summed E-state index contributed by atoms with van der Waals surface area (Å²) in [5, 5.41) is 22.0. The largest absolute Gasteiger partial charge is 0.409 e. The molecule has 1 aliphatic heterocycles. The fourth-order valence-electron chi connectivity index (χ4n) is 2.25. The standard InChI is InChI=1S/C12H16ClN3O2/c13-9-4-1-5-10(11(9)12(14)15-18)16-6-2-3-8(17)7-16/h1,4-5,8,17-18H,2-3,6-7H2,(H2,14,15). The molecular formula is C12H16ClN3O2. The van der Waals surface area contributed by atoms with Crippen molar-refractivity contribution in [2.45, 2.75) is 18.9 Å². The van der Waals surface area contributed by atoms with E-state index in [0.717, 1.165) is 25.1 Å². The highest BCUT2D eigenvalue weighted by molar-refractivity contribution is 6.34. The highest BCUT2D eigenvalue weighted by atomic mass is 35.5. The number of oxime groups is 1. The Morgan fingerprint density at radius 2 is 2.28 bits per heavy atom. The Bertz CT molecular complexity index is 465. The van der Waals surface area contributed by atoms with Gasteiger partial charge in [-0.1, -0.05) is 22.8 Å². The minimum Gasteiger partial charge on any atom is -0.409 e. The maximum absolute atomic E-state index is 9.71. The molecule has 1 atom stereocenters. The molecule has 0 spiro atoms. The van der Waals surface area contributed by atoms with Crippen LogP contribution in [-0.4, -0.2) is 35.3 Å². The van der Waals surface area contributed by atoms with Crippen molar-refractivity contribution in [1.29, 1.82) is 0 Å². The van der Waals surface area contributed by atoms with Crippen LogP contribution in [0.25, 0.3) is 0 Å². The molecule has 1 fully saturated rings. The summed E-state index contributed by atoms with van der Waals surface area (Å²) in [4.78, 5) is 2.01. The molecule has 1 aromatic carbocycles. The third-order valence-electron chi connectivity index (χ3n) is 3.09. The first-order valence-electron chi connectivity index (χ1n) is 5.83. The van der Waals surface area contributed by atoms with Crippen LogP contribution in [0.2, 0.25) is 5.02 Å². The summed E-state index contributed by atoms with van der Waals surface area (Å²) in [6.45, 7) is 1.36. The predicted octanol–water partition coefficient (Wildman–Crippen LogP) is 1.40. The molecule has 1 unspecified atom stereocenters. The van der Waals surface area contributed by atoms with Crippen LogP contribution in [-0.2, 0) is 0 Å². The van der Waals surface area contributed by atoms with Gasteiger partial charge in [0.15, 0.2) is 5.84 Å². The zero-order valence-corrected chi connectivity index (χ0v) is 10.6. The SMILES string of the molecule is NC(=NO)c1c(Cl)cccc1N1CCCC(O)C1. The molecular weight excluding hydrogens is 254 g/mol. The number of hydrogen-bond acceptors (Lipinski definition) is 4. The lowest BCUT2D eigenvalue weighted by Crippen LogP contribution is -2.39. The van der Waals surface area contributed by atoms with Gasteiger partial charge in [0.05, 0.1) is 16.7 Å². The van der Waals surface area contributed by atoms with Gasteiger partial charge in [-0.25, -0.2) is 0 Å². The van der Waals surface area contributed by atoms with E-state index in [1.54, 1.807) is 6.07 Å². The molecule has 18 heavy (non-hydrogen) atoms. The van der Waals surface area contributed by atoms with Crippen LogP contribution in [0, 0.1) is 0 Å². The molecule has 1 aliphatic rings. The minimum absolute atomic E-state index is 0.0179. The molecule has 0 bridgehead atoms. The van der Waals surface area contributed by atoms with Crippen molar-refractivity contribution < 1.29 is 10.3 Å². The highest BCUT2D eigenvalue weighted by Crippen LogP contribution is 2.29. The normalized spacial score (nSPS) is 21.1. The monoisotopic (exact) mass is 269 g/mol. The van der Waals surface area contributed by atoms with Crippen molar-refractivity contribution in [1.82, 2.24) is 0 Å². The minimum atomic E-state index is -0.349. The molecule has 98 valence electrons. The van der Waals surface area contributed by atoms with Crippen molar-refractivity contribution in [3.8, 4) is 0 Å². The second-order valence-corrected chi connectivity index (χ2v) is 4.77. The van der Waals surface area contributed by atoms with E-state index in [-0.39, 0.29) is 11.9 Å². The Morgan fingerprint density at radius 3 is 2.94 bits per heavy atom. The fraction of sp³-hybridized carbons (Fsp3) is 0.417. The maximum atomic E-state index is 9.71. The van der Waals surface area contributed by atoms with Gasteiger partial charge < -0.3 is 20.9 Å². The van der Waals surface area contributed by atoms with E-state index >= 15 is 0 Å². The van der Waals surface area contributed by atoms with E-state index in [1.165, 1.54) is 0 Å². The number of rotatable bonds is 2. The molecule has 2 rings (SSSR count). The van der Waals surface area contributed by atoms with Crippen molar-refractivity contribution >= 4 is 23.1 Å². The second-order valence-electron chi connectivity index (χ2n) is 4.36. The van der Waals surface area contributed by atoms with Crippen molar-refractivity contribution in [2.24, 2.45) is 10.9 Å². The molecule has 0 aliphatic carbocycles. The van der Waals surface area contributed by atoms with Gasteiger partial charge in [-0.2, -0.15) is 0 Å². The third kappa shape index (κ3) is 2.52. The first-order chi connectivity index (χ1) is 8.63. The topological polar surface area (TPSA) is 82.1 Å². The van der Waals surface area contributed by atoms with Crippen LogP contribution in [0.3, 0.4) is 0 Å². The van der Waals surface area contributed by atoms with E-state index in [2.05, 4.69) is 5.16 Å². The molecule has 0 saturated carbocycles.